The van der Waals surface area contributed by atoms with E-state index in [9.17, 15) is 4.79 Å². The van der Waals surface area contributed by atoms with Crippen molar-refractivity contribution in [3.63, 3.8) is 0 Å². The van der Waals surface area contributed by atoms with Crippen LogP contribution in [0, 0.1) is 13.8 Å². The van der Waals surface area contributed by atoms with Crippen LogP contribution in [0.5, 0.6) is 0 Å². The molecular weight excluding hydrogens is 364 g/mol. The molecule has 3 aromatic rings. The molecule has 0 radical (unpaired) electrons. The lowest BCUT2D eigenvalue weighted by Crippen LogP contribution is -2.14. The van der Waals surface area contributed by atoms with E-state index in [-0.39, 0.29) is 5.91 Å². The largest absolute Gasteiger partial charge is 0.366 e. The van der Waals surface area contributed by atoms with Crippen LogP contribution in [0.25, 0.3) is 11.1 Å². The smallest absolute Gasteiger partial charge is 0.251 e. The fourth-order valence-electron chi connectivity index (χ4n) is 4.02. The van der Waals surface area contributed by atoms with Crippen LogP contribution in [0.4, 0.5) is 0 Å². The molecule has 2 aromatic heterocycles. The van der Waals surface area contributed by atoms with E-state index in [1.54, 1.807) is 11.3 Å². The first-order valence-electron chi connectivity index (χ1n) is 10.1. The van der Waals surface area contributed by atoms with Gasteiger partial charge in [0.05, 0.1) is 5.56 Å². The highest BCUT2D eigenvalue weighted by Gasteiger charge is 2.25. The van der Waals surface area contributed by atoms with Gasteiger partial charge < -0.3 is 10.3 Å². The van der Waals surface area contributed by atoms with Crippen molar-refractivity contribution >= 4 is 17.2 Å². The highest BCUT2D eigenvalue weighted by molar-refractivity contribution is 7.09. The summed E-state index contributed by atoms with van der Waals surface area (Å²) in [6.07, 6.45) is 5.43. The maximum Gasteiger partial charge on any atom is 0.251 e. The fraction of sp³-hybridized carbons (Fsp3) is 0.375. The zero-order valence-electron chi connectivity index (χ0n) is 17.1. The third-order valence-electron chi connectivity index (χ3n) is 5.47. The number of thiophene rings is 1. The molecule has 148 valence electrons. The van der Waals surface area contributed by atoms with Crippen LogP contribution < -0.4 is 5.73 Å². The van der Waals surface area contributed by atoms with E-state index in [2.05, 4.69) is 48.1 Å². The SMILES string of the molecule is CCCCCc1c(-c2ccccc2C)c(C(N)=O)c(C)n1CCc1cccs1. The zero-order chi connectivity index (χ0) is 20.1. The van der Waals surface area contributed by atoms with Gasteiger partial charge in [-0.1, -0.05) is 50.1 Å². The Hall–Kier alpha value is -2.33. The highest BCUT2D eigenvalue weighted by Crippen LogP contribution is 2.36. The van der Waals surface area contributed by atoms with Crippen molar-refractivity contribution in [2.45, 2.75) is 59.4 Å². The molecule has 0 bridgehead atoms. The molecule has 0 atom stereocenters. The maximum absolute atomic E-state index is 12.5. The van der Waals surface area contributed by atoms with Crippen LogP contribution in [-0.4, -0.2) is 10.5 Å². The maximum atomic E-state index is 12.5. The molecule has 0 fully saturated rings. The van der Waals surface area contributed by atoms with Gasteiger partial charge in [0.25, 0.3) is 5.91 Å². The Bertz CT molecular complexity index is 938. The van der Waals surface area contributed by atoms with Crippen LogP contribution in [0.2, 0.25) is 0 Å². The topological polar surface area (TPSA) is 48.0 Å². The number of aryl methyl sites for hydroxylation is 2. The number of hydrogen-bond acceptors (Lipinski definition) is 2. The number of unbranched alkanes of at least 4 members (excludes halogenated alkanes) is 2. The second-order valence-corrected chi connectivity index (χ2v) is 8.43. The lowest BCUT2D eigenvalue weighted by Gasteiger charge is -2.14. The predicted octanol–water partition coefficient (Wildman–Crippen LogP) is 5.91. The number of carbonyl (C=O) groups is 1. The van der Waals surface area contributed by atoms with Gasteiger partial charge in [0.1, 0.15) is 0 Å². The fourth-order valence-corrected chi connectivity index (χ4v) is 4.72. The monoisotopic (exact) mass is 394 g/mol. The number of carbonyl (C=O) groups excluding carboxylic acids is 1. The van der Waals surface area contributed by atoms with E-state index in [0.717, 1.165) is 42.6 Å². The van der Waals surface area contributed by atoms with Crippen molar-refractivity contribution in [3.8, 4) is 11.1 Å². The molecule has 1 amide bonds. The summed E-state index contributed by atoms with van der Waals surface area (Å²) in [6, 6.07) is 12.6. The molecule has 2 heterocycles. The normalized spacial score (nSPS) is 11.1. The summed E-state index contributed by atoms with van der Waals surface area (Å²) in [5.74, 6) is -0.331. The Morgan fingerprint density at radius 2 is 1.86 bits per heavy atom. The van der Waals surface area contributed by atoms with E-state index in [1.807, 2.05) is 19.1 Å². The van der Waals surface area contributed by atoms with Gasteiger partial charge in [0.2, 0.25) is 0 Å². The molecule has 2 N–H and O–H groups in total. The second kappa shape index (κ2) is 9.24. The van der Waals surface area contributed by atoms with Gasteiger partial charge in [-0.3, -0.25) is 4.79 Å². The lowest BCUT2D eigenvalue weighted by atomic mass is 9.94. The van der Waals surface area contributed by atoms with Gasteiger partial charge in [-0.15, -0.1) is 11.3 Å². The molecule has 0 saturated carbocycles. The summed E-state index contributed by atoms with van der Waals surface area (Å²) in [5, 5.41) is 2.12. The van der Waals surface area contributed by atoms with Gasteiger partial charge in [-0.25, -0.2) is 0 Å². The number of rotatable bonds is 9. The summed E-state index contributed by atoms with van der Waals surface area (Å²) in [7, 11) is 0. The minimum atomic E-state index is -0.331. The van der Waals surface area contributed by atoms with E-state index >= 15 is 0 Å². The molecular formula is C24H30N2OS. The highest BCUT2D eigenvalue weighted by atomic mass is 32.1. The number of amides is 1. The first-order valence-corrected chi connectivity index (χ1v) is 11.0. The summed E-state index contributed by atoms with van der Waals surface area (Å²) in [4.78, 5) is 13.8. The van der Waals surface area contributed by atoms with Gasteiger partial charge in [-0.05, 0) is 55.7 Å². The third-order valence-corrected chi connectivity index (χ3v) is 6.41. The van der Waals surface area contributed by atoms with Crippen LogP contribution >= 0.6 is 11.3 Å². The summed E-state index contributed by atoms with van der Waals surface area (Å²) >= 11 is 1.79. The van der Waals surface area contributed by atoms with Crippen LogP contribution in [0.1, 0.15) is 58.4 Å². The molecule has 0 aliphatic carbocycles. The van der Waals surface area contributed by atoms with Crippen molar-refractivity contribution in [2.24, 2.45) is 5.73 Å². The Morgan fingerprint density at radius 1 is 1.07 bits per heavy atom. The van der Waals surface area contributed by atoms with E-state index < -0.39 is 0 Å². The summed E-state index contributed by atoms with van der Waals surface area (Å²) in [6.45, 7) is 7.24. The minimum absolute atomic E-state index is 0.331. The van der Waals surface area contributed by atoms with E-state index in [0.29, 0.717) is 5.56 Å². The Kier molecular flexibility index (Phi) is 6.74. The number of primary amides is 1. The van der Waals surface area contributed by atoms with Crippen LogP contribution in [0.3, 0.4) is 0 Å². The molecule has 28 heavy (non-hydrogen) atoms. The molecule has 0 saturated heterocycles. The van der Waals surface area contributed by atoms with Crippen molar-refractivity contribution in [1.29, 1.82) is 0 Å². The van der Waals surface area contributed by atoms with Crippen LogP contribution in [0.15, 0.2) is 41.8 Å². The molecule has 0 aliphatic heterocycles. The van der Waals surface area contributed by atoms with Gasteiger partial charge in [0.15, 0.2) is 0 Å². The van der Waals surface area contributed by atoms with E-state index in [4.69, 9.17) is 5.73 Å². The third kappa shape index (κ3) is 4.22. The Labute approximate surface area is 172 Å². The average molecular weight is 395 g/mol. The standard InChI is InChI=1S/C24H30N2OS/c1-4-5-6-13-21-23(20-12-8-7-10-17(20)2)22(24(25)27)18(3)26(21)15-14-19-11-9-16-28-19/h7-12,16H,4-6,13-15H2,1-3H3,(H2,25,27). The number of aromatic nitrogens is 1. The Balaban J connectivity index is 2.12. The molecule has 4 heteroatoms. The molecule has 1 aromatic carbocycles. The number of nitrogens with two attached hydrogens (primary N) is 1. The number of nitrogens with zero attached hydrogens (tertiary/aromatic N) is 1. The van der Waals surface area contributed by atoms with Gasteiger partial charge >= 0.3 is 0 Å². The lowest BCUT2D eigenvalue weighted by molar-refractivity contribution is 0.1000. The Morgan fingerprint density at radius 3 is 2.50 bits per heavy atom. The molecule has 3 rings (SSSR count). The second-order valence-electron chi connectivity index (χ2n) is 7.40. The van der Waals surface area contributed by atoms with Crippen molar-refractivity contribution in [2.75, 3.05) is 0 Å². The molecule has 0 unspecified atom stereocenters. The molecule has 0 spiro atoms. The first kappa shape index (κ1) is 20.4. The van der Waals surface area contributed by atoms with Crippen molar-refractivity contribution in [3.05, 3.63) is 69.2 Å². The molecule has 3 nitrogen and oxygen atoms in total. The summed E-state index contributed by atoms with van der Waals surface area (Å²) < 4.78 is 2.34. The minimum Gasteiger partial charge on any atom is -0.366 e. The average Bonchev–Trinajstić information content (AvgIpc) is 3.27. The first-order chi connectivity index (χ1) is 13.5. The quantitative estimate of drug-likeness (QED) is 0.451. The number of hydrogen-bond donors (Lipinski definition) is 1. The van der Waals surface area contributed by atoms with Gasteiger partial charge in [0, 0.05) is 28.4 Å². The van der Waals surface area contributed by atoms with Crippen LogP contribution in [-0.2, 0) is 19.4 Å². The predicted molar refractivity (Wildman–Crippen MR) is 119 cm³/mol. The zero-order valence-corrected chi connectivity index (χ0v) is 17.9. The summed E-state index contributed by atoms with van der Waals surface area (Å²) in [5.41, 5.74) is 12.2. The molecule has 0 aliphatic rings. The van der Waals surface area contributed by atoms with Gasteiger partial charge in [-0.2, -0.15) is 0 Å². The van der Waals surface area contributed by atoms with Crippen molar-refractivity contribution < 1.29 is 4.79 Å². The van der Waals surface area contributed by atoms with E-state index in [1.165, 1.54) is 29.0 Å². The van der Waals surface area contributed by atoms with Crippen molar-refractivity contribution in [1.82, 2.24) is 4.57 Å². The number of benzene rings is 1.